The quantitative estimate of drug-likeness (QED) is 0.872. The molecule has 0 amide bonds. The minimum atomic E-state index is -0.913. The van der Waals surface area contributed by atoms with Crippen molar-refractivity contribution in [2.75, 3.05) is 11.9 Å². The summed E-state index contributed by atoms with van der Waals surface area (Å²) in [6, 6.07) is 3.52. The third-order valence-electron chi connectivity index (χ3n) is 4.24. The SMILES string of the molecule is CC(C)c1cc(C(=O)O)cc(NC2CCOC2C2CC2)n1. The molecular weight excluding hydrogens is 268 g/mol. The summed E-state index contributed by atoms with van der Waals surface area (Å²) in [7, 11) is 0. The number of rotatable bonds is 5. The lowest BCUT2D eigenvalue weighted by Gasteiger charge is -2.21. The number of aromatic nitrogens is 1. The molecule has 2 aliphatic rings. The van der Waals surface area contributed by atoms with E-state index in [0.717, 1.165) is 18.7 Å². The molecule has 2 fully saturated rings. The van der Waals surface area contributed by atoms with E-state index in [1.165, 1.54) is 12.8 Å². The Morgan fingerprint density at radius 1 is 1.38 bits per heavy atom. The van der Waals surface area contributed by atoms with Crippen LogP contribution in [0.5, 0.6) is 0 Å². The van der Waals surface area contributed by atoms with Crippen LogP contribution < -0.4 is 5.32 Å². The van der Waals surface area contributed by atoms with E-state index in [-0.39, 0.29) is 23.6 Å². The summed E-state index contributed by atoms with van der Waals surface area (Å²) in [5, 5.41) is 12.6. The fourth-order valence-electron chi connectivity index (χ4n) is 2.89. The molecule has 1 saturated heterocycles. The molecule has 0 bridgehead atoms. The van der Waals surface area contributed by atoms with E-state index in [9.17, 15) is 9.90 Å². The van der Waals surface area contributed by atoms with Gasteiger partial charge in [-0.3, -0.25) is 0 Å². The number of pyridine rings is 1. The summed E-state index contributed by atoms with van der Waals surface area (Å²) >= 11 is 0. The van der Waals surface area contributed by atoms with Crippen molar-refractivity contribution < 1.29 is 14.6 Å². The molecule has 2 atom stereocenters. The van der Waals surface area contributed by atoms with E-state index in [4.69, 9.17) is 4.74 Å². The van der Waals surface area contributed by atoms with Gasteiger partial charge in [-0.1, -0.05) is 13.8 Å². The van der Waals surface area contributed by atoms with Crippen LogP contribution in [0, 0.1) is 5.92 Å². The van der Waals surface area contributed by atoms with Gasteiger partial charge in [0, 0.05) is 12.3 Å². The third-order valence-corrected chi connectivity index (χ3v) is 4.24. The maximum Gasteiger partial charge on any atom is 0.335 e. The molecule has 0 radical (unpaired) electrons. The van der Waals surface area contributed by atoms with E-state index in [2.05, 4.69) is 10.3 Å². The number of carbonyl (C=O) groups is 1. The van der Waals surface area contributed by atoms with Gasteiger partial charge in [-0.15, -0.1) is 0 Å². The number of anilines is 1. The number of hydrogen-bond acceptors (Lipinski definition) is 4. The molecular formula is C16H22N2O3. The number of nitrogens with one attached hydrogen (secondary N) is 1. The number of carboxylic acid groups (broad SMARTS) is 1. The average Bonchev–Trinajstić information content (AvgIpc) is 3.19. The number of ether oxygens (including phenoxy) is 1. The molecule has 5 heteroatoms. The maximum absolute atomic E-state index is 11.3. The van der Waals surface area contributed by atoms with Crippen molar-refractivity contribution >= 4 is 11.8 Å². The van der Waals surface area contributed by atoms with Gasteiger partial charge in [0.05, 0.1) is 17.7 Å². The van der Waals surface area contributed by atoms with Crippen LogP contribution >= 0.6 is 0 Å². The predicted octanol–water partition coefficient (Wildman–Crippen LogP) is 2.88. The summed E-state index contributed by atoms with van der Waals surface area (Å²) in [5.41, 5.74) is 1.09. The summed E-state index contributed by atoms with van der Waals surface area (Å²) in [5.74, 6) is 0.602. The van der Waals surface area contributed by atoms with E-state index in [0.29, 0.717) is 11.7 Å². The van der Waals surface area contributed by atoms with E-state index in [1.54, 1.807) is 12.1 Å². The summed E-state index contributed by atoms with van der Waals surface area (Å²) < 4.78 is 5.81. The van der Waals surface area contributed by atoms with Gasteiger partial charge in [0.1, 0.15) is 5.82 Å². The Kier molecular flexibility index (Phi) is 3.85. The Morgan fingerprint density at radius 2 is 2.14 bits per heavy atom. The number of nitrogens with zero attached hydrogens (tertiary/aromatic N) is 1. The van der Waals surface area contributed by atoms with Crippen molar-refractivity contribution in [3.63, 3.8) is 0 Å². The highest BCUT2D eigenvalue weighted by Crippen LogP contribution is 2.39. The highest BCUT2D eigenvalue weighted by atomic mass is 16.5. The number of aromatic carboxylic acids is 1. The van der Waals surface area contributed by atoms with Crippen LogP contribution in [-0.4, -0.2) is 34.8 Å². The lowest BCUT2D eigenvalue weighted by molar-refractivity contribution is 0.0696. The average molecular weight is 290 g/mol. The van der Waals surface area contributed by atoms with Crippen molar-refractivity contribution in [1.82, 2.24) is 4.98 Å². The van der Waals surface area contributed by atoms with Gasteiger partial charge in [-0.25, -0.2) is 9.78 Å². The first-order chi connectivity index (χ1) is 10.0. The standard InChI is InChI=1S/C16H22N2O3/c1-9(2)13-7-11(16(19)20)8-14(18-13)17-12-5-6-21-15(12)10-3-4-10/h7-10,12,15H,3-6H2,1-2H3,(H,17,18)(H,19,20). The first-order valence-corrected chi connectivity index (χ1v) is 7.68. The first-order valence-electron chi connectivity index (χ1n) is 7.68. The van der Waals surface area contributed by atoms with Gasteiger partial charge in [-0.2, -0.15) is 0 Å². The second-order valence-electron chi connectivity index (χ2n) is 6.34. The van der Waals surface area contributed by atoms with Gasteiger partial charge in [0.2, 0.25) is 0 Å². The largest absolute Gasteiger partial charge is 0.478 e. The first kappa shape index (κ1) is 14.3. The molecule has 5 nitrogen and oxygen atoms in total. The fourth-order valence-corrected chi connectivity index (χ4v) is 2.89. The molecule has 114 valence electrons. The molecule has 2 heterocycles. The van der Waals surface area contributed by atoms with Crippen molar-refractivity contribution in [3.05, 3.63) is 23.4 Å². The fraction of sp³-hybridized carbons (Fsp3) is 0.625. The number of carboxylic acids is 1. The normalized spacial score (nSPS) is 25.3. The Labute approximate surface area is 124 Å². The zero-order valence-electron chi connectivity index (χ0n) is 12.5. The molecule has 2 unspecified atom stereocenters. The molecule has 0 aromatic carbocycles. The van der Waals surface area contributed by atoms with E-state index >= 15 is 0 Å². The molecule has 1 aliphatic carbocycles. The van der Waals surface area contributed by atoms with E-state index < -0.39 is 5.97 Å². The summed E-state index contributed by atoms with van der Waals surface area (Å²) in [6.07, 6.45) is 3.69. The maximum atomic E-state index is 11.3. The Morgan fingerprint density at radius 3 is 2.76 bits per heavy atom. The van der Waals surface area contributed by atoms with Crippen LogP contribution in [-0.2, 0) is 4.74 Å². The monoisotopic (exact) mass is 290 g/mol. The second kappa shape index (κ2) is 5.64. The Balaban J connectivity index is 1.81. The van der Waals surface area contributed by atoms with Gasteiger partial charge >= 0.3 is 5.97 Å². The van der Waals surface area contributed by atoms with Crippen LogP contribution in [0.15, 0.2) is 12.1 Å². The van der Waals surface area contributed by atoms with Gasteiger partial charge < -0.3 is 15.2 Å². The van der Waals surface area contributed by atoms with Crippen LogP contribution in [0.2, 0.25) is 0 Å². The zero-order valence-corrected chi connectivity index (χ0v) is 12.5. The lowest BCUT2D eigenvalue weighted by Crippen LogP contribution is -2.31. The van der Waals surface area contributed by atoms with Crippen LogP contribution in [0.25, 0.3) is 0 Å². The van der Waals surface area contributed by atoms with E-state index in [1.807, 2.05) is 13.8 Å². The minimum absolute atomic E-state index is 0.198. The van der Waals surface area contributed by atoms with Crippen LogP contribution in [0.1, 0.15) is 55.1 Å². The lowest BCUT2D eigenvalue weighted by atomic mass is 10.1. The second-order valence-corrected chi connectivity index (χ2v) is 6.34. The molecule has 1 aromatic heterocycles. The van der Waals surface area contributed by atoms with Gasteiger partial charge in [0.15, 0.2) is 0 Å². The smallest absolute Gasteiger partial charge is 0.335 e. The van der Waals surface area contributed by atoms with Crippen LogP contribution in [0.3, 0.4) is 0 Å². The van der Waals surface area contributed by atoms with Crippen molar-refractivity contribution in [1.29, 1.82) is 0 Å². The van der Waals surface area contributed by atoms with Gasteiger partial charge in [-0.05, 0) is 43.2 Å². The molecule has 1 aromatic rings. The molecule has 2 N–H and O–H groups in total. The molecule has 21 heavy (non-hydrogen) atoms. The summed E-state index contributed by atoms with van der Waals surface area (Å²) in [4.78, 5) is 15.8. The zero-order chi connectivity index (χ0) is 15.0. The minimum Gasteiger partial charge on any atom is -0.478 e. The highest BCUT2D eigenvalue weighted by molar-refractivity contribution is 5.88. The number of hydrogen-bond donors (Lipinski definition) is 2. The van der Waals surface area contributed by atoms with Crippen molar-refractivity contribution in [2.45, 2.75) is 51.2 Å². The topological polar surface area (TPSA) is 71.5 Å². The Hall–Kier alpha value is -1.62. The van der Waals surface area contributed by atoms with Crippen molar-refractivity contribution in [3.8, 4) is 0 Å². The third kappa shape index (κ3) is 3.18. The predicted molar refractivity (Wildman–Crippen MR) is 79.8 cm³/mol. The van der Waals surface area contributed by atoms with Crippen LogP contribution in [0.4, 0.5) is 5.82 Å². The Bertz CT molecular complexity index is 540. The molecule has 1 saturated carbocycles. The summed E-state index contributed by atoms with van der Waals surface area (Å²) in [6.45, 7) is 4.81. The van der Waals surface area contributed by atoms with Gasteiger partial charge in [0.25, 0.3) is 0 Å². The molecule has 0 spiro atoms. The highest BCUT2D eigenvalue weighted by Gasteiger charge is 2.40. The molecule has 1 aliphatic heterocycles. The van der Waals surface area contributed by atoms with Crippen molar-refractivity contribution in [2.24, 2.45) is 5.92 Å². The molecule has 3 rings (SSSR count).